The highest BCUT2D eigenvalue weighted by Crippen LogP contribution is 2.41. The molecule has 16 aromatic rings. The standard InChI is InChI=1S/C27H26FN3O5.2C26H24FN3O4.C25H20FN3O4/c1-33-22-13-17(14-23(34-2)26(22)36-4)15-29-27(32)19-10-12-21-24(25(19)35-3)20(30-31-21)11-7-16-5-8-18(28)9-6-16;1-32-19-10-7-17(23(14-19)33-2)15-28-26(31)20-11-13-22-24(25(20)34-3)21(29-30-22)12-6-16-4-8-18(27)9-5-16;1-32-19-12-17(13-20(14-19)33-2)15-28-26(31)21-9-11-23-24(25(21)34-3)22(29-30-23)10-6-16-4-7-18(27)8-5-16;1-31-24-18(25(30)27-13-16-5-11-21-22(12-16)33-14-32-21)8-10-20-23(24)19(28-29-20)9-4-15-2-6-17(26)7-3-15/h5-14H,15H2,1-4H3,(H,29,32)(H,30,31);2*4-14H,15H2,1-3H3,(H,28,31)(H,29,30);2-12H,13-14H2,1H3,(H,27,30)(H,28,29)/b11-7+;12-6+;10-6+;9-4+. The fraction of sp³-hybridized carbons (Fsp3) is 0.154. The Morgan fingerprint density at radius 2 is 0.606 bits per heavy atom. The van der Waals surface area contributed by atoms with E-state index in [4.69, 9.17) is 61.6 Å². The van der Waals surface area contributed by atoms with Crippen LogP contribution in [0.2, 0.25) is 0 Å². The highest BCUT2D eigenvalue weighted by Gasteiger charge is 2.26. The lowest BCUT2D eigenvalue weighted by Crippen LogP contribution is -2.23. The number of halogens is 4. The number of nitrogens with one attached hydrogen (secondary N) is 8. The Labute approximate surface area is 783 Å². The van der Waals surface area contributed by atoms with E-state index >= 15 is 0 Å². The number of aromatic amines is 4. The number of benzene rings is 12. The zero-order chi connectivity index (χ0) is 96.6. The van der Waals surface area contributed by atoms with Gasteiger partial charge in [0.1, 0.15) is 69.3 Å². The lowest BCUT2D eigenvalue weighted by Gasteiger charge is -2.15. The van der Waals surface area contributed by atoms with Crippen molar-refractivity contribution < 1.29 is 98.3 Å². The van der Waals surface area contributed by atoms with Gasteiger partial charge in [-0.3, -0.25) is 39.6 Å². The van der Waals surface area contributed by atoms with Gasteiger partial charge < -0.3 is 82.8 Å². The summed E-state index contributed by atoms with van der Waals surface area (Å²) in [5.41, 5.74) is 13.4. The van der Waals surface area contributed by atoms with E-state index in [1.165, 1.54) is 98.3 Å². The number of H-pyrrole nitrogens is 4. The van der Waals surface area contributed by atoms with Crippen molar-refractivity contribution in [2.24, 2.45) is 0 Å². The fourth-order valence-corrected chi connectivity index (χ4v) is 14.8. The van der Waals surface area contributed by atoms with Crippen LogP contribution in [-0.2, 0) is 26.2 Å². The Bertz CT molecular complexity index is 7110. The van der Waals surface area contributed by atoms with E-state index in [0.29, 0.717) is 170 Å². The second kappa shape index (κ2) is 45.1. The number of rotatable bonds is 31. The van der Waals surface area contributed by atoms with Crippen LogP contribution in [0.5, 0.6) is 74.7 Å². The Kier molecular flexibility index (Phi) is 31.4. The molecule has 1 aliphatic rings. The second-order valence-electron chi connectivity index (χ2n) is 30.1. The number of nitrogens with zero attached hydrogens (tertiary/aromatic N) is 4. The summed E-state index contributed by atoms with van der Waals surface area (Å²) in [6.45, 7) is 1.27. The smallest absolute Gasteiger partial charge is 0.255 e. The topological polar surface area (TPSA) is 351 Å². The van der Waals surface area contributed by atoms with Crippen molar-refractivity contribution in [1.29, 1.82) is 0 Å². The molecule has 17 rings (SSSR count). The average molecular weight is 1860 g/mol. The molecular formula is C104H94F4N12O17. The summed E-state index contributed by atoms with van der Waals surface area (Å²) in [6, 6.07) is 58.2. The predicted molar refractivity (Wildman–Crippen MR) is 514 cm³/mol. The number of carbonyl (C=O) groups excluding carboxylic acids is 4. The first-order valence-corrected chi connectivity index (χ1v) is 42.3. The molecule has 12 aromatic carbocycles. The van der Waals surface area contributed by atoms with Gasteiger partial charge in [-0.2, -0.15) is 20.4 Å². The molecule has 0 radical (unpaired) electrons. The summed E-state index contributed by atoms with van der Waals surface area (Å²) in [6.07, 6.45) is 14.6. The van der Waals surface area contributed by atoms with Crippen molar-refractivity contribution in [3.8, 4) is 74.7 Å². The van der Waals surface area contributed by atoms with Gasteiger partial charge >= 0.3 is 0 Å². The van der Waals surface area contributed by atoms with Gasteiger partial charge in [0, 0.05) is 43.9 Å². The number of aromatic nitrogens is 8. The van der Waals surface area contributed by atoms with E-state index in [0.717, 1.165) is 44.5 Å². The second-order valence-corrected chi connectivity index (χ2v) is 30.1. The van der Waals surface area contributed by atoms with Crippen LogP contribution in [0.25, 0.3) is 92.2 Å². The van der Waals surface area contributed by atoms with E-state index < -0.39 is 0 Å². The van der Waals surface area contributed by atoms with Crippen LogP contribution >= 0.6 is 0 Å². The van der Waals surface area contributed by atoms with Crippen LogP contribution < -0.4 is 82.8 Å². The highest BCUT2D eigenvalue weighted by molar-refractivity contribution is 6.09. The molecule has 4 aromatic heterocycles. The quantitative estimate of drug-likeness (QED) is 0.0187. The molecule has 33 heteroatoms. The van der Waals surface area contributed by atoms with Crippen LogP contribution in [0.1, 0.15) is 109 Å². The molecule has 0 saturated carbocycles. The van der Waals surface area contributed by atoms with E-state index in [-0.39, 0.29) is 73.3 Å². The lowest BCUT2D eigenvalue weighted by atomic mass is 10.1. The molecule has 0 atom stereocenters. The minimum Gasteiger partial charge on any atom is -0.497 e. The minimum atomic E-state index is -0.322. The molecular weight excluding hydrogens is 1770 g/mol. The maximum Gasteiger partial charge on any atom is 0.255 e. The van der Waals surface area contributed by atoms with Crippen LogP contribution in [0.3, 0.4) is 0 Å². The molecule has 137 heavy (non-hydrogen) atoms. The fourth-order valence-electron chi connectivity index (χ4n) is 14.8. The third-order valence-electron chi connectivity index (χ3n) is 21.7. The third-order valence-corrected chi connectivity index (χ3v) is 21.7. The first-order chi connectivity index (χ1) is 66.6. The number of ether oxygens (including phenoxy) is 13. The molecule has 0 aliphatic carbocycles. The van der Waals surface area contributed by atoms with Gasteiger partial charge in [-0.05, 0) is 209 Å². The van der Waals surface area contributed by atoms with Gasteiger partial charge in [0.25, 0.3) is 23.6 Å². The van der Waals surface area contributed by atoms with Gasteiger partial charge in [0.2, 0.25) is 12.5 Å². The van der Waals surface area contributed by atoms with Crippen LogP contribution in [0.4, 0.5) is 17.6 Å². The van der Waals surface area contributed by atoms with Gasteiger partial charge in [-0.25, -0.2) is 17.6 Å². The van der Waals surface area contributed by atoms with Crippen molar-refractivity contribution in [1.82, 2.24) is 62.1 Å². The number of amides is 4. The largest absolute Gasteiger partial charge is 0.497 e. The molecule has 700 valence electrons. The van der Waals surface area contributed by atoms with Crippen molar-refractivity contribution in [2.75, 3.05) is 85.0 Å². The van der Waals surface area contributed by atoms with Crippen LogP contribution in [0.15, 0.2) is 212 Å². The monoisotopic (exact) mass is 1860 g/mol. The van der Waals surface area contributed by atoms with E-state index in [1.807, 2.05) is 91.1 Å². The Hall–Kier alpha value is -17.5. The number of hydrogen-bond donors (Lipinski definition) is 8. The molecule has 4 amide bonds. The van der Waals surface area contributed by atoms with Gasteiger partial charge in [-0.15, -0.1) is 0 Å². The van der Waals surface area contributed by atoms with Crippen molar-refractivity contribution in [2.45, 2.75) is 26.2 Å². The minimum absolute atomic E-state index is 0.199. The van der Waals surface area contributed by atoms with Crippen molar-refractivity contribution in [3.05, 3.63) is 325 Å². The van der Waals surface area contributed by atoms with Crippen molar-refractivity contribution >= 4 is 116 Å². The summed E-state index contributed by atoms with van der Waals surface area (Å²) >= 11 is 0. The molecule has 0 saturated heterocycles. The van der Waals surface area contributed by atoms with Crippen molar-refractivity contribution in [3.63, 3.8) is 0 Å². The molecule has 5 heterocycles. The lowest BCUT2D eigenvalue weighted by molar-refractivity contribution is 0.0939. The number of hydrogen-bond acceptors (Lipinski definition) is 21. The Balaban J connectivity index is 0.000000146. The molecule has 0 fully saturated rings. The summed E-state index contributed by atoms with van der Waals surface area (Å²) in [5, 5.41) is 43.5. The number of methoxy groups -OCH3 is 11. The summed E-state index contributed by atoms with van der Waals surface area (Å²) < 4.78 is 123. The van der Waals surface area contributed by atoms with E-state index in [9.17, 15) is 36.7 Å². The normalized spacial score (nSPS) is 11.4. The first-order valence-electron chi connectivity index (χ1n) is 42.3. The molecule has 8 N–H and O–H groups in total. The highest BCUT2D eigenvalue weighted by atomic mass is 19.1. The van der Waals surface area contributed by atoms with Crippen LogP contribution in [0, 0.1) is 23.3 Å². The third kappa shape index (κ3) is 23.0. The van der Waals surface area contributed by atoms with Gasteiger partial charge in [0.05, 0.1) is 167 Å². The maximum absolute atomic E-state index is 13.2. The SMILES string of the molecule is COc1c(C(=O)NCc2ccc3c(c2)OCO3)ccc2n[nH]c(/C=C/c3ccc(F)cc3)c12.COc1cc(CNC(=O)c2ccc3n[nH]c(/C=C/c4ccc(F)cc4)c3c2OC)cc(OC)c1.COc1cc(CNC(=O)c2ccc3n[nH]c(/C=C/c4ccc(F)cc4)c3c2OC)cc(OC)c1OC.COc1ccc(CNC(=O)c2ccc3n[nH]c(/C=C/c4ccc(F)cc4)c3c2OC)c(OC)c1. The van der Waals surface area contributed by atoms with E-state index in [2.05, 4.69) is 62.1 Å². The Morgan fingerprint density at radius 3 is 0.927 bits per heavy atom. The molecule has 0 unspecified atom stereocenters. The molecule has 0 bridgehead atoms. The molecule has 29 nitrogen and oxygen atoms in total. The molecule has 1 aliphatic heterocycles. The average Bonchev–Trinajstić information content (AvgIpc) is 1.63. The first kappa shape index (κ1) is 95.6. The van der Waals surface area contributed by atoms with Crippen LogP contribution in [-0.4, -0.2) is 149 Å². The van der Waals surface area contributed by atoms with Gasteiger partial charge in [-0.1, -0.05) is 78.9 Å². The maximum atomic E-state index is 13.2. The zero-order valence-electron chi connectivity index (χ0n) is 76.1. The zero-order valence-corrected chi connectivity index (χ0v) is 76.1. The summed E-state index contributed by atoms with van der Waals surface area (Å²) in [7, 11) is 16.9. The molecule has 0 spiro atoms. The predicted octanol–water partition coefficient (Wildman–Crippen LogP) is 19.0. The van der Waals surface area contributed by atoms with Gasteiger partial charge in [0.15, 0.2) is 23.0 Å². The number of fused-ring (bicyclic) bond motifs is 5. The summed E-state index contributed by atoms with van der Waals surface area (Å²) in [5.74, 6) is 4.62. The van der Waals surface area contributed by atoms with E-state index in [1.54, 1.807) is 150 Å². The Morgan fingerprint density at radius 1 is 0.292 bits per heavy atom. The number of carbonyl (C=O) groups is 4. The summed E-state index contributed by atoms with van der Waals surface area (Å²) in [4.78, 5) is 52.3.